The Morgan fingerprint density at radius 3 is 3.09 bits per heavy atom. The molecule has 1 aliphatic heterocycles. The number of nitrogens with zero attached hydrogens (tertiary/aromatic N) is 3. The molecule has 0 unspecified atom stereocenters. The number of hydrogen-bond acceptors (Lipinski definition) is 6. The first-order chi connectivity index (χ1) is 10.7. The van der Waals surface area contributed by atoms with Crippen molar-refractivity contribution in [3.8, 4) is 0 Å². The maximum absolute atomic E-state index is 11.8. The third-order valence-corrected chi connectivity index (χ3v) is 4.05. The Labute approximate surface area is 134 Å². The van der Waals surface area contributed by atoms with Gasteiger partial charge in [-0.3, -0.25) is 9.59 Å². The van der Waals surface area contributed by atoms with Gasteiger partial charge in [-0.2, -0.15) is 16.7 Å². The van der Waals surface area contributed by atoms with Crippen molar-refractivity contribution in [2.75, 3.05) is 19.3 Å². The van der Waals surface area contributed by atoms with Crippen molar-refractivity contribution in [3.63, 3.8) is 0 Å². The molecule has 0 aliphatic carbocycles. The van der Waals surface area contributed by atoms with E-state index in [0.717, 1.165) is 25.8 Å². The zero-order valence-corrected chi connectivity index (χ0v) is 13.7. The zero-order valence-electron chi connectivity index (χ0n) is 12.8. The summed E-state index contributed by atoms with van der Waals surface area (Å²) >= 11 is 1.61. The highest BCUT2D eigenvalue weighted by Crippen LogP contribution is 2.11. The van der Waals surface area contributed by atoms with Gasteiger partial charge in [-0.25, -0.2) is 0 Å². The van der Waals surface area contributed by atoms with Gasteiger partial charge < -0.3 is 14.7 Å². The van der Waals surface area contributed by atoms with Crippen molar-refractivity contribution in [3.05, 3.63) is 11.7 Å². The fraction of sp³-hybridized carbons (Fsp3) is 0.714. The van der Waals surface area contributed by atoms with Gasteiger partial charge in [0.2, 0.25) is 17.7 Å². The van der Waals surface area contributed by atoms with E-state index >= 15 is 0 Å². The largest absolute Gasteiger partial charge is 0.347 e. The molecule has 8 heteroatoms. The van der Waals surface area contributed by atoms with Crippen LogP contribution in [0.15, 0.2) is 4.52 Å². The van der Waals surface area contributed by atoms with Crippen LogP contribution in [-0.2, 0) is 21.9 Å². The summed E-state index contributed by atoms with van der Waals surface area (Å²) < 4.78 is 5.04. The number of rotatable bonds is 7. The van der Waals surface area contributed by atoms with Gasteiger partial charge >= 0.3 is 0 Å². The molecule has 2 rings (SSSR count). The smallest absolute Gasteiger partial charge is 0.246 e. The quantitative estimate of drug-likeness (QED) is 0.813. The zero-order chi connectivity index (χ0) is 15.8. The lowest BCUT2D eigenvalue weighted by atomic mass is 10.2. The van der Waals surface area contributed by atoms with Gasteiger partial charge in [-0.1, -0.05) is 11.6 Å². The fourth-order valence-electron chi connectivity index (χ4n) is 2.32. The van der Waals surface area contributed by atoms with Crippen LogP contribution < -0.4 is 5.32 Å². The van der Waals surface area contributed by atoms with Gasteiger partial charge in [-0.15, -0.1) is 0 Å². The number of likely N-dealkylation sites (tertiary alicyclic amines) is 1. The molecule has 2 heterocycles. The van der Waals surface area contributed by atoms with Crippen LogP contribution in [0.25, 0.3) is 0 Å². The lowest BCUT2D eigenvalue weighted by molar-refractivity contribution is -0.131. The van der Waals surface area contributed by atoms with Crippen molar-refractivity contribution < 1.29 is 14.1 Å². The number of hydrogen-bond donors (Lipinski definition) is 1. The summed E-state index contributed by atoms with van der Waals surface area (Å²) in [7, 11) is 0. The fourth-order valence-corrected chi connectivity index (χ4v) is 2.70. The van der Waals surface area contributed by atoms with Gasteiger partial charge in [0.1, 0.15) is 0 Å². The first-order valence-corrected chi connectivity index (χ1v) is 8.93. The molecular formula is C14H22N4O3S. The monoisotopic (exact) mass is 326 g/mol. The Hall–Kier alpha value is -1.57. The van der Waals surface area contributed by atoms with E-state index in [1.165, 1.54) is 0 Å². The van der Waals surface area contributed by atoms with Crippen LogP contribution in [-0.4, -0.2) is 46.2 Å². The van der Waals surface area contributed by atoms with Crippen LogP contribution in [0.3, 0.4) is 0 Å². The highest BCUT2D eigenvalue weighted by atomic mass is 32.2. The average Bonchev–Trinajstić information content (AvgIpc) is 2.85. The Balaban J connectivity index is 1.69. The lowest BCUT2D eigenvalue weighted by Gasteiger charge is -2.19. The molecule has 1 aromatic heterocycles. The Morgan fingerprint density at radius 1 is 1.41 bits per heavy atom. The minimum absolute atomic E-state index is 0.110. The standard InChI is InChI=1S/C14H22N4O3S/c1-22-10-11-16-13(21-17-11)9-15-12(19)6-8-18-7-4-2-3-5-14(18)20/h2-10H2,1H3,(H,15,19). The highest BCUT2D eigenvalue weighted by Gasteiger charge is 2.17. The third-order valence-electron chi connectivity index (χ3n) is 3.50. The number of carbonyl (C=O) groups is 2. The normalized spacial score (nSPS) is 15.7. The molecule has 0 aromatic carbocycles. The third kappa shape index (κ3) is 5.32. The second-order valence-corrected chi connectivity index (χ2v) is 6.12. The van der Waals surface area contributed by atoms with Crippen LogP contribution in [0.4, 0.5) is 0 Å². The van der Waals surface area contributed by atoms with E-state index < -0.39 is 0 Å². The topological polar surface area (TPSA) is 88.3 Å². The summed E-state index contributed by atoms with van der Waals surface area (Å²) in [4.78, 5) is 29.6. The Morgan fingerprint density at radius 2 is 2.27 bits per heavy atom. The second kappa shape index (κ2) is 8.77. The van der Waals surface area contributed by atoms with Crippen LogP contribution in [0, 0.1) is 0 Å². The minimum atomic E-state index is -0.110. The molecule has 1 saturated heterocycles. The molecule has 0 radical (unpaired) electrons. The van der Waals surface area contributed by atoms with Crippen molar-refractivity contribution in [2.45, 2.75) is 44.4 Å². The van der Waals surface area contributed by atoms with Crippen molar-refractivity contribution >= 4 is 23.6 Å². The molecule has 1 N–H and O–H groups in total. The van der Waals surface area contributed by atoms with E-state index in [0.29, 0.717) is 36.9 Å². The summed E-state index contributed by atoms with van der Waals surface area (Å²) in [5.74, 6) is 1.77. The number of nitrogens with one attached hydrogen (secondary N) is 1. The Bertz CT molecular complexity index is 506. The van der Waals surface area contributed by atoms with Crippen LogP contribution >= 0.6 is 11.8 Å². The first-order valence-electron chi connectivity index (χ1n) is 7.54. The molecular weight excluding hydrogens is 304 g/mol. The molecule has 0 atom stereocenters. The molecule has 1 aliphatic rings. The van der Waals surface area contributed by atoms with E-state index in [2.05, 4.69) is 15.5 Å². The number of aromatic nitrogens is 2. The van der Waals surface area contributed by atoms with Gasteiger partial charge in [0.15, 0.2) is 5.82 Å². The maximum atomic E-state index is 11.8. The molecule has 0 saturated carbocycles. The molecule has 7 nitrogen and oxygen atoms in total. The average molecular weight is 326 g/mol. The van der Waals surface area contributed by atoms with Gasteiger partial charge in [0.25, 0.3) is 0 Å². The summed E-state index contributed by atoms with van der Waals surface area (Å²) in [6.07, 6.45) is 5.93. The molecule has 22 heavy (non-hydrogen) atoms. The minimum Gasteiger partial charge on any atom is -0.347 e. The Kier molecular flexibility index (Phi) is 6.70. The van der Waals surface area contributed by atoms with Gasteiger partial charge in [0, 0.05) is 25.9 Å². The summed E-state index contributed by atoms with van der Waals surface area (Å²) in [5.41, 5.74) is 0. The summed E-state index contributed by atoms with van der Waals surface area (Å²) in [5, 5.41) is 6.56. The van der Waals surface area contributed by atoms with E-state index in [-0.39, 0.29) is 18.4 Å². The van der Waals surface area contributed by atoms with Crippen LogP contribution in [0.5, 0.6) is 0 Å². The molecule has 1 aromatic rings. The molecule has 122 valence electrons. The van der Waals surface area contributed by atoms with E-state index in [1.54, 1.807) is 16.7 Å². The van der Waals surface area contributed by atoms with E-state index in [9.17, 15) is 9.59 Å². The second-order valence-electron chi connectivity index (χ2n) is 5.26. The van der Waals surface area contributed by atoms with Crippen LogP contribution in [0.2, 0.25) is 0 Å². The molecule has 1 fully saturated rings. The lowest BCUT2D eigenvalue weighted by Crippen LogP contribution is -2.34. The number of carbonyl (C=O) groups excluding carboxylic acids is 2. The first kappa shape index (κ1) is 16.8. The van der Waals surface area contributed by atoms with Crippen molar-refractivity contribution in [1.29, 1.82) is 0 Å². The predicted molar refractivity (Wildman–Crippen MR) is 83.0 cm³/mol. The maximum Gasteiger partial charge on any atom is 0.246 e. The van der Waals surface area contributed by atoms with Gasteiger partial charge in [-0.05, 0) is 19.1 Å². The molecule has 2 amide bonds. The predicted octanol–water partition coefficient (Wildman–Crippen LogP) is 1.34. The molecule has 0 bridgehead atoms. The highest BCUT2D eigenvalue weighted by molar-refractivity contribution is 7.97. The van der Waals surface area contributed by atoms with Crippen molar-refractivity contribution in [2.24, 2.45) is 0 Å². The number of amides is 2. The van der Waals surface area contributed by atoms with Crippen molar-refractivity contribution in [1.82, 2.24) is 20.4 Å². The molecule has 0 spiro atoms. The summed E-state index contributed by atoms with van der Waals surface area (Å²) in [6, 6.07) is 0. The SMILES string of the molecule is CSCc1noc(CNC(=O)CCN2CCCCCC2=O)n1. The number of thioether (sulfide) groups is 1. The van der Waals surface area contributed by atoms with E-state index in [1.807, 2.05) is 6.26 Å². The summed E-state index contributed by atoms with van der Waals surface area (Å²) in [6.45, 7) is 1.47. The van der Waals surface area contributed by atoms with Gasteiger partial charge in [0.05, 0.1) is 12.3 Å². The van der Waals surface area contributed by atoms with E-state index in [4.69, 9.17) is 4.52 Å². The van der Waals surface area contributed by atoms with Crippen LogP contribution in [0.1, 0.15) is 43.8 Å².